The predicted octanol–water partition coefficient (Wildman–Crippen LogP) is 4.36. The van der Waals surface area contributed by atoms with Gasteiger partial charge in [-0.3, -0.25) is 9.59 Å². The molecule has 1 N–H and O–H groups in total. The third-order valence-corrected chi connectivity index (χ3v) is 8.26. The van der Waals surface area contributed by atoms with Gasteiger partial charge in [-0.25, -0.2) is 9.18 Å². The highest BCUT2D eigenvalue weighted by Gasteiger charge is 2.50. The van der Waals surface area contributed by atoms with E-state index in [4.69, 9.17) is 9.47 Å². The molecule has 0 radical (unpaired) electrons. The molecule has 10 heteroatoms. The fourth-order valence-corrected chi connectivity index (χ4v) is 6.25. The average molecular weight is 537 g/mol. The molecule has 39 heavy (non-hydrogen) atoms. The van der Waals surface area contributed by atoms with Gasteiger partial charge in [-0.15, -0.1) is 0 Å². The minimum atomic E-state index is -0.490. The van der Waals surface area contributed by atoms with Crippen molar-refractivity contribution in [1.29, 1.82) is 0 Å². The van der Waals surface area contributed by atoms with E-state index in [0.717, 1.165) is 22.2 Å². The Morgan fingerprint density at radius 2 is 1.82 bits per heavy atom. The van der Waals surface area contributed by atoms with E-state index in [1.54, 1.807) is 29.0 Å². The van der Waals surface area contributed by atoms with Gasteiger partial charge < -0.3 is 29.2 Å². The minimum absolute atomic E-state index is 0.0393. The molecule has 2 aliphatic heterocycles. The zero-order valence-electron chi connectivity index (χ0n) is 22.6. The third-order valence-electron chi connectivity index (χ3n) is 8.26. The summed E-state index contributed by atoms with van der Waals surface area (Å²) in [6.45, 7) is 2.80. The molecule has 0 aliphatic carbocycles. The van der Waals surface area contributed by atoms with Crippen LogP contribution in [0.5, 0.6) is 5.75 Å². The normalized spacial score (nSPS) is 18.1. The zero-order valence-corrected chi connectivity index (χ0v) is 22.6. The van der Waals surface area contributed by atoms with Crippen LogP contribution >= 0.6 is 0 Å². The number of halogens is 1. The molecule has 206 valence electrons. The molecule has 0 unspecified atom stereocenters. The van der Waals surface area contributed by atoms with E-state index in [2.05, 4.69) is 9.88 Å². The number of rotatable bonds is 4. The number of aromatic nitrogens is 1. The lowest BCUT2D eigenvalue weighted by molar-refractivity contribution is -0.144. The van der Waals surface area contributed by atoms with Gasteiger partial charge in [-0.05, 0) is 42.7 Å². The second-order valence-corrected chi connectivity index (χ2v) is 10.3. The Bertz CT molecular complexity index is 1440. The van der Waals surface area contributed by atoms with Crippen molar-refractivity contribution in [3.8, 4) is 5.75 Å². The van der Waals surface area contributed by atoms with Gasteiger partial charge in [0.25, 0.3) is 0 Å². The van der Waals surface area contributed by atoms with Gasteiger partial charge >= 0.3 is 12.0 Å². The van der Waals surface area contributed by atoms with Crippen molar-refractivity contribution < 1.29 is 28.2 Å². The van der Waals surface area contributed by atoms with Crippen LogP contribution in [-0.2, 0) is 26.8 Å². The van der Waals surface area contributed by atoms with E-state index in [1.807, 2.05) is 25.2 Å². The van der Waals surface area contributed by atoms with Crippen molar-refractivity contribution in [2.45, 2.75) is 37.6 Å². The van der Waals surface area contributed by atoms with Crippen LogP contribution in [-0.4, -0.2) is 66.1 Å². The van der Waals surface area contributed by atoms with E-state index in [0.29, 0.717) is 38.2 Å². The second-order valence-electron chi connectivity index (χ2n) is 10.3. The lowest BCUT2D eigenvalue weighted by atomic mass is 9.68. The second kappa shape index (κ2) is 10.2. The molecule has 5 rings (SSSR count). The molecule has 0 saturated carbocycles. The Kier molecular flexibility index (Phi) is 6.96. The van der Waals surface area contributed by atoms with Crippen molar-refractivity contribution in [2.75, 3.05) is 39.2 Å². The van der Waals surface area contributed by atoms with Crippen molar-refractivity contribution in [3.63, 3.8) is 0 Å². The van der Waals surface area contributed by atoms with Crippen LogP contribution in [0.25, 0.3) is 10.9 Å². The highest BCUT2D eigenvalue weighted by molar-refractivity contribution is 5.91. The number of anilines is 1. The van der Waals surface area contributed by atoms with E-state index >= 15 is 0 Å². The zero-order chi connectivity index (χ0) is 27.9. The van der Waals surface area contributed by atoms with Crippen molar-refractivity contribution in [2.24, 2.45) is 7.05 Å². The molecular formula is C29H33FN4O5. The monoisotopic (exact) mass is 536 g/mol. The molecule has 3 heterocycles. The van der Waals surface area contributed by atoms with Crippen LogP contribution in [0, 0.1) is 5.82 Å². The molecule has 3 amide bonds. The highest BCUT2D eigenvalue weighted by Crippen LogP contribution is 2.51. The number of nitrogens with one attached hydrogen (secondary N) is 1. The summed E-state index contributed by atoms with van der Waals surface area (Å²) in [6, 6.07) is 11.1. The molecule has 1 spiro atoms. The number of benzene rings is 2. The number of methoxy groups -OCH3 is 2. The molecule has 1 saturated heterocycles. The number of carbonyl (C=O) groups is 3. The molecule has 2 aromatic carbocycles. The van der Waals surface area contributed by atoms with Crippen LogP contribution in [0.2, 0.25) is 0 Å². The van der Waals surface area contributed by atoms with Crippen LogP contribution in [0.4, 0.5) is 14.9 Å². The summed E-state index contributed by atoms with van der Waals surface area (Å²) < 4.78 is 26.7. The summed E-state index contributed by atoms with van der Waals surface area (Å²) in [5.74, 6) is -0.301. The quantitative estimate of drug-likeness (QED) is 0.501. The number of carbonyl (C=O) groups excluding carboxylic acids is 3. The van der Waals surface area contributed by atoms with Crippen LogP contribution in [0.15, 0.2) is 42.5 Å². The van der Waals surface area contributed by atoms with E-state index in [-0.39, 0.29) is 24.0 Å². The first-order valence-corrected chi connectivity index (χ1v) is 13.0. The number of amides is 3. The van der Waals surface area contributed by atoms with Crippen molar-refractivity contribution in [1.82, 2.24) is 14.4 Å². The van der Waals surface area contributed by atoms with Gasteiger partial charge in [-0.2, -0.15) is 0 Å². The SMILES string of the molecule is COC(=O)C[C@H]1c2c(c3ccc(OC)cc3n2C)C2(CCN(C(=O)Nc3ccccc3F)CC2)CN1C(C)=O. The van der Waals surface area contributed by atoms with E-state index in [1.165, 1.54) is 26.2 Å². The predicted molar refractivity (Wildman–Crippen MR) is 144 cm³/mol. The maximum Gasteiger partial charge on any atom is 0.321 e. The van der Waals surface area contributed by atoms with E-state index in [9.17, 15) is 18.8 Å². The smallest absolute Gasteiger partial charge is 0.321 e. The van der Waals surface area contributed by atoms with Gasteiger partial charge in [0.05, 0.1) is 37.9 Å². The molecule has 1 aromatic heterocycles. The van der Waals surface area contributed by atoms with Gasteiger partial charge in [0.1, 0.15) is 11.6 Å². The fraction of sp³-hybridized carbons (Fsp3) is 0.414. The Morgan fingerprint density at radius 3 is 2.46 bits per heavy atom. The molecule has 3 aromatic rings. The van der Waals surface area contributed by atoms with Crippen LogP contribution < -0.4 is 10.1 Å². The number of ether oxygens (including phenoxy) is 2. The molecule has 9 nitrogen and oxygen atoms in total. The van der Waals surface area contributed by atoms with Crippen molar-refractivity contribution in [3.05, 3.63) is 59.5 Å². The molecule has 0 bridgehead atoms. The lowest BCUT2D eigenvalue weighted by Crippen LogP contribution is -2.55. The number of aryl methyl sites for hydroxylation is 1. The Labute approximate surface area is 226 Å². The summed E-state index contributed by atoms with van der Waals surface area (Å²) in [5, 5.41) is 3.71. The summed E-state index contributed by atoms with van der Waals surface area (Å²) in [4.78, 5) is 41.9. The summed E-state index contributed by atoms with van der Waals surface area (Å²) >= 11 is 0. The number of esters is 1. The fourth-order valence-electron chi connectivity index (χ4n) is 6.25. The Morgan fingerprint density at radius 1 is 1.10 bits per heavy atom. The maximum atomic E-state index is 14.1. The number of hydrogen-bond acceptors (Lipinski definition) is 5. The number of hydrogen-bond donors (Lipinski definition) is 1. The highest BCUT2D eigenvalue weighted by atomic mass is 19.1. The summed E-state index contributed by atoms with van der Waals surface area (Å²) in [5.41, 5.74) is 2.65. The molecule has 1 atom stereocenters. The summed E-state index contributed by atoms with van der Waals surface area (Å²) in [6.07, 6.45) is 1.24. The number of nitrogens with zero attached hydrogens (tertiary/aromatic N) is 3. The summed E-state index contributed by atoms with van der Waals surface area (Å²) in [7, 11) is 4.91. The first kappa shape index (κ1) is 26.5. The van der Waals surface area contributed by atoms with Crippen LogP contribution in [0.3, 0.4) is 0 Å². The first-order chi connectivity index (χ1) is 18.7. The van der Waals surface area contributed by atoms with Gasteiger partial charge in [-0.1, -0.05) is 12.1 Å². The third kappa shape index (κ3) is 4.57. The van der Waals surface area contributed by atoms with Gasteiger partial charge in [0, 0.05) is 56.2 Å². The first-order valence-electron chi connectivity index (χ1n) is 13.0. The Balaban J connectivity index is 1.54. The largest absolute Gasteiger partial charge is 0.497 e. The number of urea groups is 1. The van der Waals surface area contributed by atoms with Gasteiger partial charge in [0.2, 0.25) is 5.91 Å². The number of likely N-dealkylation sites (tertiary alicyclic amines) is 1. The molecule has 2 aliphatic rings. The van der Waals surface area contributed by atoms with Crippen molar-refractivity contribution >= 4 is 34.5 Å². The van der Waals surface area contributed by atoms with Gasteiger partial charge in [0.15, 0.2) is 0 Å². The van der Waals surface area contributed by atoms with E-state index < -0.39 is 23.2 Å². The Hall–Kier alpha value is -4.08. The standard InChI is InChI=1S/C29H33FN4O5/c1-18(35)34-17-29(11-13-33(14-12-29)28(37)31-22-8-6-5-7-21(22)30)26-20-10-9-19(38-3)15-23(20)32(2)27(26)24(34)16-25(36)39-4/h5-10,15,24H,11-14,16-17H2,1-4H3,(H,31,37)/t24-/m0/s1. The topological polar surface area (TPSA) is 93.1 Å². The number of piperidine rings is 1. The molecular weight excluding hydrogens is 503 g/mol. The minimum Gasteiger partial charge on any atom is -0.497 e. The lowest BCUT2D eigenvalue weighted by Gasteiger charge is -2.50. The molecule has 1 fully saturated rings. The maximum absolute atomic E-state index is 14.1. The number of para-hydroxylation sites is 1. The average Bonchev–Trinajstić information content (AvgIpc) is 3.24. The number of fused-ring (bicyclic) bond motifs is 4. The van der Waals surface area contributed by atoms with Crippen LogP contribution in [0.1, 0.15) is 43.5 Å².